The Labute approximate surface area is 117 Å². The van der Waals surface area contributed by atoms with Gasteiger partial charge in [-0.2, -0.15) is 0 Å². The van der Waals surface area contributed by atoms with Crippen LogP contribution >= 0.6 is 0 Å². The van der Waals surface area contributed by atoms with Gasteiger partial charge in [-0.05, 0) is 46.2 Å². The van der Waals surface area contributed by atoms with E-state index in [0.29, 0.717) is 6.54 Å². The quantitative estimate of drug-likeness (QED) is 0.858. The summed E-state index contributed by atoms with van der Waals surface area (Å²) in [7, 11) is 2.02. The van der Waals surface area contributed by atoms with E-state index in [9.17, 15) is 5.11 Å². The van der Waals surface area contributed by atoms with Gasteiger partial charge in [0.1, 0.15) is 0 Å². The maximum absolute atomic E-state index is 9.94. The monoisotopic (exact) mass is 264 g/mol. The summed E-state index contributed by atoms with van der Waals surface area (Å²) in [4.78, 5) is 2.11. The molecule has 0 aromatic heterocycles. The molecule has 0 bridgehead atoms. The highest BCUT2D eigenvalue weighted by molar-refractivity contribution is 5.53. The first-order valence-corrected chi connectivity index (χ1v) is 6.85. The minimum absolute atomic E-state index is 0.0991. The maximum Gasteiger partial charge on any atom is 0.0765 e. The van der Waals surface area contributed by atoms with Gasteiger partial charge in [0.2, 0.25) is 0 Å². The number of para-hydroxylation sites is 1. The molecule has 0 aliphatic heterocycles. The van der Waals surface area contributed by atoms with Crippen molar-refractivity contribution >= 4 is 5.69 Å². The maximum atomic E-state index is 9.94. The fraction of sp³-hybridized carbons (Fsp3) is 0.625. The first-order chi connectivity index (χ1) is 8.58. The van der Waals surface area contributed by atoms with E-state index >= 15 is 0 Å². The summed E-state index contributed by atoms with van der Waals surface area (Å²) in [5.74, 6) is 0. The van der Waals surface area contributed by atoms with Gasteiger partial charge in [-0.15, -0.1) is 0 Å². The Bertz CT molecular complexity index is 402. The molecule has 0 aliphatic carbocycles. The molecule has 1 aromatic rings. The summed E-state index contributed by atoms with van der Waals surface area (Å²) < 4.78 is 0. The lowest BCUT2D eigenvalue weighted by Crippen LogP contribution is -2.38. The van der Waals surface area contributed by atoms with Crippen LogP contribution in [0, 0.1) is 0 Å². The lowest BCUT2D eigenvalue weighted by molar-refractivity contribution is 0.0886. The molecule has 2 N–H and O–H groups in total. The van der Waals surface area contributed by atoms with Gasteiger partial charge in [0.25, 0.3) is 0 Å². The number of nitrogens with zero attached hydrogens (tertiary/aromatic N) is 1. The average Bonchev–Trinajstić information content (AvgIpc) is 2.23. The van der Waals surface area contributed by atoms with E-state index in [1.165, 1.54) is 11.3 Å². The van der Waals surface area contributed by atoms with Crippen LogP contribution in [-0.2, 0) is 6.54 Å². The fourth-order valence-electron chi connectivity index (χ4n) is 2.06. The number of aliphatic hydroxyl groups is 1. The van der Waals surface area contributed by atoms with Gasteiger partial charge in [0, 0.05) is 31.4 Å². The number of likely N-dealkylation sites (N-methyl/N-ethyl adjacent to an activating group) is 1. The second-order valence-corrected chi connectivity index (χ2v) is 6.90. The highest BCUT2D eigenvalue weighted by Crippen LogP contribution is 2.21. The Morgan fingerprint density at radius 1 is 1.11 bits per heavy atom. The highest BCUT2D eigenvalue weighted by Gasteiger charge is 2.18. The number of hydrogen-bond acceptors (Lipinski definition) is 3. The molecule has 0 saturated carbocycles. The fourth-order valence-corrected chi connectivity index (χ4v) is 2.06. The van der Waals surface area contributed by atoms with E-state index in [1.807, 2.05) is 27.0 Å². The number of hydrogen-bond donors (Lipinski definition) is 2. The minimum atomic E-state index is -0.695. The molecule has 0 saturated heterocycles. The van der Waals surface area contributed by atoms with Gasteiger partial charge in [0.05, 0.1) is 5.60 Å². The SMILES string of the molecule is CN(CC(C)(C)O)c1ccccc1CNC(C)(C)C. The lowest BCUT2D eigenvalue weighted by Gasteiger charge is -2.30. The highest BCUT2D eigenvalue weighted by atomic mass is 16.3. The molecule has 0 heterocycles. The van der Waals surface area contributed by atoms with Gasteiger partial charge >= 0.3 is 0 Å². The van der Waals surface area contributed by atoms with E-state index in [1.54, 1.807) is 0 Å². The molecule has 3 nitrogen and oxygen atoms in total. The predicted octanol–water partition coefficient (Wildman–Crippen LogP) is 2.78. The first kappa shape index (κ1) is 16.0. The van der Waals surface area contributed by atoms with Crippen LogP contribution in [0.5, 0.6) is 0 Å². The number of anilines is 1. The molecular weight excluding hydrogens is 236 g/mol. The van der Waals surface area contributed by atoms with E-state index in [4.69, 9.17) is 0 Å². The van der Waals surface area contributed by atoms with Gasteiger partial charge in [-0.3, -0.25) is 0 Å². The summed E-state index contributed by atoms with van der Waals surface area (Å²) >= 11 is 0. The summed E-state index contributed by atoms with van der Waals surface area (Å²) in [6, 6.07) is 8.33. The van der Waals surface area contributed by atoms with Crippen molar-refractivity contribution in [3.05, 3.63) is 29.8 Å². The third kappa shape index (κ3) is 6.08. The Morgan fingerprint density at radius 3 is 2.21 bits per heavy atom. The van der Waals surface area contributed by atoms with Crippen LogP contribution in [-0.4, -0.2) is 29.8 Å². The van der Waals surface area contributed by atoms with Crippen LogP contribution in [0.4, 0.5) is 5.69 Å². The van der Waals surface area contributed by atoms with Gasteiger partial charge in [-0.25, -0.2) is 0 Å². The Hall–Kier alpha value is -1.06. The van der Waals surface area contributed by atoms with Gasteiger partial charge in [0.15, 0.2) is 0 Å². The summed E-state index contributed by atoms with van der Waals surface area (Å²) in [6.07, 6.45) is 0. The predicted molar refractivity (Wildman–Crippen MR) is 82.6 cm³/mol. The van der Waals surface area contributed by atoms with Gasteiger partial charge in [-0.1, -0.05) is 18.2 Å². The van der Waals surface area contributed by atoms with Crippen molar-refractivity contribution in [2.24, 2.45) is 0 Å². The van der Waals surface area contributed by atoms with Crippen molar-refractivity contribution in [2.75, 3.05) is 18.5 Å². The second-order valence-electron chi connectivity index (χ2n) is 6.90. The van der Waals surface area contributed by atoms with Crippen molar-refractivity contribution < 1.29 is 5.11 Å². The van der Waals surface area contributed by atoms with Crippen LogP contribution in [0.1, 0.15) is 40.2 Å². The molecule has 0 radical (unpaired) electrons. The van der Waals surface area contributed by atoms with E-state index in [0.717, 1.165) is 6.54 Å². The molecule has 0 spiro atoms. The number of nitrogens with one attached hydrogen (secondary N) is 1. The normalized spacial score (nSPS) is 12.6. The van der Waals surface area contributed by atoms with Crippen LogP contribution in [0.3, 0.4) is 0 Å². The standard InChI is InChI=1S/C16H28N2O/c1-15(2,3)17-11-13-9-7-8-10-14(13)18(6)12-16(4,5)19/h7-10,17,19H,11-12H2,1-6H3. The smallest absolute Gasteiger partial charge is 0.0765 e. The Balaban J connectivity index is 2.83. The van der Waals surface area contributed by atoms with Crippen LogP contribution in [0.2, 0.25) is 0 Å². The minimum Gasteiger partial charge on any atom is -0.389 e. The largest absolute Gasteiger partial charge is 0.389 e. The third-order valence-corrected chi connectivity index (χ3v) is 2.84. The molecular formula is C16H28N2O. The van der Waals surface area contributed by atoms with Crippen LogP contribution in [0.15, 0.2) is 24.3 Å². The first-order valence-electron chi connectivity index (χ1n) is 6.85. The summed E-state index contributed by atoms with van der Waals surface area (Å²) in [6.45, 7) is 11.6. The second kappa shape index (κ2) is 5.93. The molecule has 0 amide bonds. The Morgan fingerprint density at radius 2 is 1.68 bits per heavy atom. The molecule has 1 rings (SSSR count). The molecule has 108 valence electrons. The molecule has 0 unspecified atom stereocenters. The number of benzene rings is 1. The zero-order valence-corrected chi connectivity index (χ0v) is 13.1. The van der Waals surface area contributed by atoms with Crippen LogP contribution < -0.4 is 10.2 Å². The molecule has 1 aromatic carbocycles. The van der Waals surface area contributed by atoms with E-state index < -0.39 is 5.60 Å². The van der Waals surface area contributed by atoms with Crippen LogP contribution in [0.25, 0.3) is 0 Å². The lowest BCUT2D eigenvalue weighted by atomic mass is 10.1. The molecule has 0 aliphatic rings. The zero-order valence-electron chi connectivity index (χ0n) is 13.1. The topological polar surface area (TPSA) is 35.5 Å². The Kier molecular flexibility index (Phi) is 4.99. The number of rotatable bonds is 5. The third-order valence-electron chi connectivity index (χ3n) is 2.84. The van der Waals surface area contributed by atoms with Crippen molar-refractivity contribution in [3.8, 4) is 0 Å². The van der Waals surface area contributed by atoms with Crippen molar-refractivity contribution in [1.82, 2.24) is 5.32 Å². The molecule has 3 heteroatoms. The van der Waals surface area contributed by atoms with E-state index in [-0.39, 0.29) is 5.54 Å². The average molecular weight is 264 g/mol. The van der Waals surface area contributed by atoms with Crippen molar-refractivity contribution in [3.63, 3.8) is 0 Å². The molecule has 0 fully saturated rings. The van der Waals surface area contributed by atoms with Gasteiger partial charge < -0.3 is 15.3 Å². The summed E-state index contributed by atoms with van der Waals surface area (Å²) in [5.41, 5.74) is 1.83. The summed E-state index contributed by atoms with van der Waals surface area (Å²) in [5, 5.41) is 13.4. The van der Waals surface area contributed by atoms with Crippen molar-refractivity contribution in [2.45, 2.75) is 52.3 Å². The molecule has 0 atom stereocenters. The van der Waals surface area contributed by atoms with E-state index in [2.05, 4.69) is 49.2 Å². The van der Waals surface area contributed by atoms with Crippen molar-refractivity contribution in [1.29, 1.82) is 0 Å². The zero-order chi connectivity index (χ0) is 14.7. The molecule has 19 heavy (non-hydrogen) atoms.